The largest absolute Gasteiger partial charge is 0.294 e. The molecule has 1 nitrogen and oxygen atoms in total. The van der Waals surface area contributed by atoms with Crippen LogP contribution in [0.2, 0.25) is 0 Å². The monoisotopic (exact) mass is 176 g/mol. The number of carbonyl (C=O) groups is 1. The highest BCUT2D eigenvalue weighted by atomic mass is 16.1. The Bertz CT molecular complexity index is 285. The molecule has 0 spiro atoms. The molecule has 2 aliphatic carbocycles. The van der Waals surface area contributed by atoms with E-state index < -0.39 is 0 Å². The molecule has 1 saturated carbocycles. The summed E-state index contributed by atoms with van der Waals surface area (Å²) in [5, 5.41) is 0. The zero-order valence-electron chi connectivity index (χ0n) is 8.29. The van der Waals surface area contributed by atoms with Crippen molar-refractivity contribution in [2.24, 2.45) is 17.8 Å². The van der Waals surface area contributed by atoms with E-state index >= 15 is 0 Å². The van der Waals surface area contributed by atoms with Crippen LogP contribution in [-0.2, 0) is 4.79 Å². The fraction of sp³-hybridized carbons (Fsp3) is 0.583. The van der Waals surface area contributed by atoms with E-state index in [0.717, 1.165) is 18.4 Å². The minimum absolute atomic E-state index is 0.240. The van der Waals surface area contributed by atoms with E-state index in [-0.39, 0.29) is 5.92 Å². The van der Waals surface area contributed by atoms with Gasteiger partial charge in [-0.05, 0) is 30.3 Å². The Morgan fingerprint density at radius 2 is 2.15 bits per heavy atom. The molecule has 0 saturated heterocycles. The SMILES string of the molecule is CC1CC(C)C2CC=CC=C2C1=O. The maximum absolute atomic E-state index is 11.8. The smallest absolute Gasteiger partial charge is 0.161 e. The van der Waals surface area contributed by atoms with Crippen molar-refractivity contribution in [2.75, 3.05) is 0 Å². The average Bonchev–Trinajstić information content (AvgIpc) is 2.15. The lowest BCUT2D eigenvalue weighted by Crippen LogP contribution is -2.32. The molecule has 1 fully saturated rings. The lowest BCUT2D eigenvalue weighted by molar-refractivity contribution is -0.121. The minimum Gasteiger partial charge on any atom is -0.294 e. The van der Waals surface area contributed by atoms with Crippen molar-refractivity contribution >= 4 is 5.78 Å². The summed E-state index contributed by atoms with van der Waals surface area (Å²) in [7, 11) is 0. The first kappa shape index (κ1) is 8.74. The van der Waals surface area contributed by atoms with Crippen LogP contribution in [0.1, 0.15) is 26.7 Å². The molecule has 70 valence electrons. The molecule has 3 atom stereocenters. The molecule has 0 heterocycles. The normalized spacial score (nSPS) is 38.5. The predicted octanol–water partition coefficient (Wildman–Crippen LogP) is 2.73. The molecule has 0 aliphatic heterocycles. The van der Waals surface area contributed by atoms with E-state index in [0.29, 0.717) is 17.6 Å². The number of ketones is 1. The van der Waals surface area contributed by atoms with Crippen LogP contribution in [0.25, 0.3) is 0 Å². The van der Waals surface area contributed by atoms with Crippen LogP contribution in [-0.4, -0.2) is 5.78 Å². The van der Waals surface area contributed by atoms with Gasteiger partial charge in [-0.1, -0.05) is 32.1 Å². The summed E-state index contributed by atoms with van der Waals surface area (Å²) in [5.41, 5.74) is 1.08. The molecule has 0 aromatic rings. The van der Waals surface area contributed by atoms with Gasteiger partial charge < -0.3 is 0 Å². The molecule has 0 aromatic heterocycles. The van der Waals surface area contributed by atoms with Crippen LogP contribution in [0.4, 0.5) is 0 Å². The van der Waals surface area contributed by atoms with Gasteiger partial charge in [0, 0.05) is 5.92 Å². The quantitative estimate of drug-likeness (QED) is 0.554. The van der Waals surface area contributed by atoms with Crippen molar-refractivity contribution in [3.05, 3.63) is 23.8 Å². The lowest BCUT2D eigenvalue weighted by Gasteiger charge is -2.34. The summed E-state index contributed by atoms with van der Waals surface area (Å²) in [6.45, 7) is 4.31. The lowest BCUT2D eigenvalue weighted by atomic mass is 9.69. The van der Waals surface area contributed by atoms with E-state index in [1.165, 1.54) is 0 Å². The summed E-state index contributed by atoms with van der Waals surface area (Å²) in [6, 6.07) is 0. The Labute approximate surface area is 79.5 Å². The second-order valence-corrected chi connectivity index (χ2v) is 4.37. The zero-order chi connectivity index (χ0) is 9.42. The van der Waals surface area contributed by atoms with Gasteiger partial charge in [0.15, 0.2) is 5.78 Å². The van der Waals surface area contributed by atoms with Crippen molar-refractivity contribution in [3.8, 4) is 0 Å². The molecule has 0 N–H and O–H groups in total. The molecule has 0 aromatic carbocycles. The first-order valence-corrected chi connectivity index (χ1v) is 5.11. The van der Waals surface area contributed by atoms with Gasteiger partial charge in [0.05, 0.1) is 0 Å². The average molecular weight is 176 g/mol. The van der Waals surface area contributed by atoms with Gasteiger partial charge >= 0.3 is 0 Å². The van der Waals surface area contributed by atoms with E-state index in [4.69, 9.17) is 0 Å². The van der Waals surface area contributed by atoms with Gasteiger partial charge in [-0.25, -0.2) is 0 Å². The third-order valence-electron chi connectivity index (χ3n) is 3.35. The number of fused-ring (bicyclic) bond motifs is 1. The van der Waals surface area contributed by atoms with Gasteiger partial charge in [-0.2, -0.15) is 0 Å². The molecule has 0 bridgehead atoms. The third-order valence-corrected chi connectivity index (χ3v) is 3.35. The van der Waals surface area contributed by atoms with Crippen molar-refractivity contribution in [1.29, 1.82) is 0 Å². The van der Waals surface area contributed by atoms with Crippen molar-refractivity contribution < 1.29 is 4.79 Å². The van der Waals surface area contributed by atoms with Crippen LogP contribution < -0.4 is 0 Å². The number of rotatable bonds is 0. The third kappa shape index (κ3) is 1.37. The van der Waals surface area contributed by atoms with Gasteiger partial charge in [-0.15, -0.1) is 0 Å². The Balaban J connectivity index is 2.32. The highest BCUT2D eigenvalue weighted by Gasteiger charge is 2.35. The van der Waals surface area contributed by atoms with E-state index in [9.17, 15) is 4.79 Å². The Morgan fingerprint density at radius 1 is 1.38 bits per heavy atom. The number of hydrogen-bond acceptors (Lipinski definition) is 1. The molecule has 0 radical (unpaired) electrons. The standard InChI is InChI=1S/C12H16O/c1-8-7-9(2)12(13)11-6-4-3-5-10(8)11/h3-4,6,8-10H,5,7H2,1-2H3. The molecule has 0 amide bonds. The summed E-state index contributed by atoms with van der Waals surface area (Å²) in [4.78, 5) is 11.8. The van der Waals surface area contributed by atoms with Crippen LogP contribution in [0.15, 0.2) is 23.8 Å². The summed E-state index contributed by atoms with van der Waals surface area (Å²) in [6.07, 6.45) is 8.34. The van der Waals surface area contributed by atoms with Crippen LogP contribution in [0.5, 0.6) is 0 Å². The van der Waals surface area contributed by atoms with Crippen LogP contribution >= 0.6 is 0 Å². The van der Waals surface area contributed by atoms with Gasteiger partial charge in [0.1, 0.15) is 0 Å². The van der Waals surface area contributed by atoms with Crippen LogP contribution in [0, 0.1) is 17.8 Å². The maximum atomic E-state index is 11.8. The second-order valence-electron chi connectivity index (χ2n) is 4.37. The number of Topliss-reactive ketones (excluding diaryl/α,β-unsaturated/α-hetero) is 1. The highest BCUT2D eigenvalue weighted by molar-refractivity contribution is 5.98. The van der Waals surface area contributed by atoms with Crippen molar-refractivity contribution in [1.82, 2.24) is 0 Å². The topological polar surface area (TPSA) is 17.1 Å². The number of carbonyl (C=O) groups excluding carboxylic acids is 1. The van der Waals surface area contributed by atoms with Crippen molar-refractivity contribution in [3.63, 3.8) is 0 Å². The van der Waals surface area contributed by atoms with E-state index in [1.807, 2.05) is 19.1 Å². The van der Waals surface area contributed by atoms with E-state index in [2.05, 4.69) is 13.0 Å². The molecule has 2 aliphatic rings. The van der Waals surface area contributed by atoms with Gasteiger partial charge in [0.2, 0.25) is 0 Å². The summed E-state index contributed by atoms with van der Waals surface area (Å²) < 4.78 is 0. The van der Waals surface area contributed by atoms with Crippen molar-refractivity contribution in [2.45, 2.75) is 26.7 Å². The molecule has 1 heteroatoms. The molecule has 3 unspecified atom stereocenters. The zero-order valence-corrected chi connectivity index (χ0v) is 8.29. The first-order valence-electron chi connectivity index (χ1n) is 5.11. The number of allylic oxidation sites excluding steroid dienone is 4. The van der Waals surface area contributed by atoms with Crippen LogP contribution in [0.3, 0.4) is 0 Å². The minimum atomic E-state index is 0.240. The molecular formula is C12H16O. The molecular weight excluding hydrogens is 160 g/mol. The Kier molecular flexibility index (Phi) is 2.10. The predicted molar refractivity (Wildman–Crippen MR) is 53.3 cm³/mol. The first-order chi connectivity index (χ1) is 6.20. The summed E-state index contributed by atoms with van der Waals surface area (Å²) in [5.74, 6) is 1.80. The molecule has 2 rings (SSSR count). The maximum Gasteiger partial charge on any atom is 0.161 e. The fourth-order valence-electron chi connectivity index (χ4n) is 2.56. The second kappa shape index (κ2) is 3.13. The number of hydrogen-bond donors (Lipinski definition) is 0. The van der Waals surface area contributed by atoms with Gasteiger partial charge in [-0.3, -0.25) is 4.79 Å². The molecule has 13 heavy (non-hydrogen) atoms. The van der Waals surface area contributed by atoms with E-state index in [1.54, 1.807) is 0 Å². The Hall–Kier alpha value is -0.850. The fourth-order valence-corrected chi connectivity index (χ4v) is 2.56. The summed E-state index contributed by atoms with van der Waals surface area (Å²) >= 11 is 0. The van der Waals surface area contributed by atoms with Gasteiger partial charge in [0.25, 0.3) is 0 Å². The Morgan fingerprint density at radius 3 is 2.92 bits per heavy atom. The highest BCUT2D eigenvalue weighted by Crippen LogP contribution is 2.38.